The number of carbonyl (C=O) groups is 2. The van der Waals surface area contributed by atoms with Crippen LogP contribution in [-0.2, 0) is 25.5 Å². The minimum absolute atomic E-state index is 0.00410. The zero-order valence-electron chi connectivity index (χ0n) is 29.7. The molecule has 4 rings (SSSR count). The molecule has 53 heavy (non-hydrogen) atoms. The van der Waals surface area contributed by atoms with E-state index in [9.17, 15) is 30.0 Å². The molecule has 4 aromatic rings. The van der Waals surface area contributed by atoms with Crippen molar-refractivity contribution in [1.29, 1.82) is 0 Å². The van der Waals surface area contributed by atoms with Crippen LogP contribution in [0.5, 0.6) is 46.0 Å². The Morgan fingerprint density at radius 3 is 1.72 bits per heavy atom. The maximum absolute atomic E-state index is 12.7. The molecule has 0 aromatic heterocycles. The van der Waals surface area contributed by atoms with Crippen LogP contribution in [0.3, 0.4) is 0 Å². The topological polar surface area (TPSA) is 180 Å². The van der Waals surface area contributed by atoms with Crippen molar-refractivity contribution in [3.8, 4) is 46.0 Å². The van der Waals surface area contributed by atoms with Crippen LogP contribution in [0.1, 0.15) is 34.8 Å². The lowest BCUT2D eigenvalue weighted by Crippen LogP contribution is -2.31. The number of benzene rings is 4. The summed E-state index contributed by atoms with van der Waals surface area (Å²) in [5, 5.41) is 41.0. The second-order valence-corrected chi connectivity index (χ2v) is 11.4. The third-order valence-corrected chi connectivity index (χ3v) is 7.88. The lowest BCUT2D eigenvalue weighted by Gasteiger charge is -2.25. The van der Waals surface area contributed by atoms with Gasteiger partial charge in [0, 0.05) is 12.2 Å². The number of methoxy groups -OCH3 is 4. The van der Waals surface area contributed by atoms with Crippen LogP contribution >= 0.6 is 0 Å². The van der Waals surface area contributed by atoms with Crippen molar-refractivity contribution >= 4 is 24.1 Å². The molecule has 0 aliphatic rings. The van der Waals surface area contributed by atoms with Gasteiger partial charge in [0.1, 0.15) is 12.7 Å². The van der Waals surface area contributed by atoms with Crippen LogP contribution in [0, 0.1) is 0 Å². The number of hydrogen-bond acceptors (Lipinski definition) is 13. The van der Waals surface area contributed by atoms with Gasteiger partial charge in [-0.1, -0.05) is 24.3 Å². The first-order chi connectivity index (χ1) is 25.5. The second kappa shape index (κ2) is 19.3. The molecular weight excluding hydrogens is 688 g/mol. The van der Waals surface area contributed by atoms with Crippen molar-refractivity contribution in [2.24, 2.45) is 0 Å². The molecule has 0 unspecified atom stereocenters. The fourth-order valence-corrected chi connectivity index (χ4v) is 5.04. The largest absolute Gasteiger partial charge is 0.504 e. The van der Waals surface area contributed by atoms with Gasteiger partial charge in [-0.05, 0) is 95.8 Å². The Balaban J connectivity index is 1.41. The number of ether oxygens (including phenoxy) is 7. The number of aliphatic hydroxyl groups is 1. The molecule has 4 N–H and O–H groups in total. The Labute approximate surface area is 306 Å². The average molecular weight is 731 g/mol. The van der Waals surface area contributed by atoms with Gasteiger partial charge < -0.3 is 53.6 Å². The molecule has 0 saturated heterocycles. The summed E-state index contributed by atoms with van der Waals surface area (Å²) < 4.78 is 37.9. The summed E-state index contributed by atoms with van der Waals surface area (Å²) in [5.74, 6) is -0.151. The van der Waals surface area contributed by atoms with Gasteiger partial charge in [-0.3, -0.25) is 0 Å². The van der Waals surface area contributed by atoms with Crippen molar-refractivity contribution in [2.75, 3.05) is 41.7 Å². The summed E-state index contributed by atoms with van der Waals surface area (Å²) >= 11 is 0. The molecule has 0 heterocycles. The second-order valence-electron chi connectivity index (χ2n) is 11.4. The number of carbonyl (C=O) groups excluding carboxylic acids is 2. The average Bonchev–Trinajstić information content (AvgIpc) is 3.17. The molecule has 0 amide bonds. The number of hydrogen-bond donors (Lipinski definition) is 4. The van der Waals surface area contributed by atoms with Gasteiger partial charge in [-0.2, -0.15) is 0 Å². The van der Waals surface area contributed by atoms with E-state index in [1.54, 1.807) is 48.5 Å². The van der Waals surface area contributed by atoms with Crippen LogP contribution in [0.25, 0.3) is 12.2 Å². The first-order valence-corrected chi connectivity index (χ1v) is 16.4. The number of rotatable bonds is 18. The van der Waals surface area contributed by atoms with Gasteiger partial charge >= 0.3 is 11.9 Å². The number of aromatic hydroxyl groups is 3. The molecule has 13 nitrogen and oxygen atoms in total. The van der Waals surface area contributed by atoms with Gasteiger partial charge in [0.15, 0.2) is 52.1 Å². The van der Waals surface area contributed by atoms with Crippen molar-refractivity contribution < 1.29 is 63.2 Å². The van der Waals surface area contributed by atoms with E-state index in [1.165, 1.54) is 77.0 Å². The molecule has 0 radical (unpaired) electrons. The summed E-state index contributed by atoms with van der Waals surface area (Å²) in [7, 11) is 5.69. The standard InChI is InChI=1S/C40H42O13/c1-47-33-20-26(7-13-29(33)41)10-17-38(44)51-19-5-6-25-9-16-32(36(22-25)50-4)53-37(40(46)28-12-15-31(43)35(23-28)49-3)24-52-39(45)18-11-27-8-14-30(42)34(21-27)48-2/h7-18,20-23,37,40-43,46H,5-6,19,24H2,1-4H3/b17-10+,18-11+/t37-,40+/m1/s1. The minimum Gasteiger partial charge on any atom is -0.504 e. The number of aryl methyl sites for hydroxylation is 1. The highest BCUT2D eigenvalue weighted by Gasteiger charge is 2.27. The quantitative estimate of drug-likeness (QED) is 0.0552. The minimum atomic E-state index is -1.34. The zero-order valence-corrected chi connectivity index (χ0v) is 29.7. The SMILES string of the molecule is COc1cc(/C=C/C(=O)OCCCc2ccc(O[C@H](COC(=O)/C=C/c3ccc(O)c(OC)c3)[C@@H](O)c3ccc(O)c(OC)c3)c(OC)c2)ccc1O. The van der Waals surface area contributed by atoms with Crippen molar-refractivity contribution in [3.05, 3.63) is 107 Å². The van der Waals surface area contributed by atoms with Crippen LogP contribution in [0.4, 0.5) is 0 Å². The first kappa shape index (κ1) is 39.4. The molecular formula is C40H42O13. The highest BCUT2D eigenvalue weighted by Crippen LogP contribution is 2.35. The summed E-state index contributed by atoms with van der Waals surface area (Å²) in [6, 6.07) is 18.8. The molecule has 0 fully saturated rings. The lowest BCUT2D eigenvalue weighted by molar-refractivity contribution is -0.142. The summed E-state index contributed by atoms with van der Waals surface area (Å²) in [6.07, 6.45) is 4.10. The maximum Gasteiger partial charge on any atom is 0.330 e. The van der Waals surface area contributed by atoms with Crippen LogP contribution < -0.4 is 23.7 Å². The smallest absolute Gasteiger partial charge is 0.330 e. The Morgan fingerprint density at radius 2 is 1.15 bits per heavy atom. The fraction of sp³-hybridized carbons (Fsp3) is 0.250. The Morgan fingerprint density at radius 1 is 0.623 bits per heavy atom. The Kier molecular flexibility index (Phi) is 14.4. The predicted octanol–water partition coefficient (Wildman–Crippen LogP) is 5.76. The summed E-state index contributed by atoms with van der Waals surface area (Å²) in [4.78, 5) is 24.9. The van der Waals surface area contributed by atoms with Gasteiger partial charge in [0.25, 0.3) is 0 Å². The van der Waals surface area contributed by atoms with Crippen LogP contribution in [0.15, 0.2) is 84.9 Å². The Bertz CT molecular complexity index is 1920. The molecule has 4 aromatic carbocycles. The van der Waals surface area contributed by atoms with E-state index in [-0.39, 0.29) is 53.5 Å². The van der Waals surface area contributed by atoms with Crippen molar-refractivity contribution in [3.63, 3.8) is 0 Å². The van der Waals surface area contributed by atoms with E-state index in [0.29, 0.717) is 35.3 Å². The van der Waals surface area contributed by atoms with Gasteiger partial charge in [-0.15, -0.1) is 0 Å². The highest BCUT2D eigenvalue weighted by molar-refractivity contribution is 5.87. The van der Waals surface area contributed by atoms with Crippen LogP contribution in [0.2, 0.25) is 0 Å². The molecule has 0 spiro atoms. The predicted molar refractivity (Wildman–Crippen MR) is 195 cm³/mol. The molecule has 0 bridgehead atoms. The van der Waals surface area contributed by atoms with E-state index in [1.807, 2.05) is 0 Å². The monoisotopic (exact) mass is 730 g/mol. The number of aliphatic hydroxyl groups excluding tert-OH is 1. The number of phenolic OH excluding ortho intramolecular Hbond substituents is 3. The Hall–Kier alpha value is -6.34. The third kappa shape index (κ3) is 11.3. The molecule has 280 valence electrons. The normalized spacial score (nSPS) is 12.2. The first-order valence-electron chi connectivity index (χ1n) is 16.4. The number of esters is 2. The van der Waals surface area contributed by atoms with E-state index in [0.717, 1.165) is 5.56 Å². The highest BCUT2D eigenvalue weighted by atomic mass is 16.6. The van der Waals surface area contributed by atoms with E-state index < -0.39 is 24.1 Å². The molecule has 0 saturated carbocycles. The summed E-state index contributed by atoms with van der Waals surface area (Å²) in [6.45, 7) is -0.218. The molecule has 0 aliphatic heterocycles. The fourth-order valence-electron chi connectivity index (χ4n) is 5.04. The maximum atomic E-state index is 12.7. The summed E-state index contributed by atoms with van der Waals surface area (Å²) in [5.41, 5.74) is 2.42. The van der Waals surface area contributed by atoms with Gasteiger partial charge in [0.2, 0.25) is 0 Å². The van der Waals surface area contributed by atoms with Crippen molar-refractivity contribution in [2.45, 2.75) is 25.0 Å². The zero-order chi connectivity index (χ0) is 38.3. The molecule has 0 aliphatic carbocycles. The third-order valence-electron chi connectivity index (χ3n) is 7.88. The van der Waals surface area contributed by atoms with Crippen LogP contribution in [-0.4, -0.2) is 80.1 Å². The van der Waals surface area contributed by atoms with Gasteiger partial charge in [-0.25, -0.2) is 9.59 Å². The van der Waals surface area contributed by atoms with E-state index in [2.05, 4.69) is 0 Å². The lowest BCUT2D eigenvalue weighted by atomic mass is 10.0. The molecule has 2 atom stereocenters. The number of phenols is 3. The van der Waals surface area contributed by atoms with Crippen molar-refractivity contribution in [1.82, 2.24) is 0 Å². The molecule has 13 heteroatoms. The van der Waals surface area contributed by atoms with E-state index >= 15 is 0 Å². The van der Waals surface area contributed by atoms with Gasteiger partial charge in [0.05, 0.1) is 35.0 Å². The van der Waals surface area contributed by atoms with E-state index in [4.69, 9.17) is 33.2 Å².